The van der Waals surface area contributed by atoms with Gasteiger partial charge in [-0.05, 0) is 11.8 Å². The number of anilines is 1. The van der Waals surface area contributed by atoms with Gasteiger partial charge >= 0.3 is 0 Å². The molecule has 16 heavy (non-hydrogen) atoms. The molecule has 1 rings (SSSR count). The van der Waals surface area contributed by atoms with Gasteiger partial charge in [0.05, 0.1) is 6.61 Å². The van der Waals surface area contributed by atoms with Gasteiger partial charge in [0.15, 0.2) is 0 Å². The van der Waals surface area contributed by atoms with Gasteiger partial charge in [0.25, 0.3) is 0 Å². The Kier molecular flexibility index (Phi) is 5.32. The van der Waals surface area contributed by atoms with Crippen LogP contribution in [0.5, 0.6) is 0 Å². The lowest BCUT2D eigenvalue weighted by atomic mass is 9.98. The molecule has 1 atom stereocenters. The molecule has 0 amide bonds. The monoisotopic (exact) mass is 225 g/mol. The van der Waals surface area contributed by atoms with Crippen LogP contribution in [0.25, 0.3) is 0 Å². The minimum atomic E-state index is 0.646. The maximum absolute atomic E-state index is 5.06. The Labute approximate surface area is 98.0 Å². The molecule has 0 aliphatic heterocycles. The molecule has 4 nitrogen and oxygen atoms in total. The van der Waals surface area contributed by atoms with Crippen molar-refractivity contribution in [2.24, 2.45) is 11.8 Å². The largest absolute Gasteiger partial charge is 0.383 e. The van der Waals surface area contributed by atoms with Crippen molar-refractivity contribution in [1.29, 1.82) is 0 Å². The summed E-state index contributed by atoms with van der Waals surface area (Å²) in [5.41, 5.74) is 0. The molecule has 1 unspecified atom stereocenters. The van der Waals surface area contributed by atoms with E-state index in [1.807, 2.05) is 12.4 Å². The van der Waals surface area contributed by atoms with Gasteiger partial charge in [-0.1, -0.05) is 20.8 Å². The first-order chi connectivity index (χ1) is 7.65. The smallest absolute Gasteiger partial charge is 0.202 e. The predicted molar refractivity (Wildman–Crippen MR) is 66.6 cm³/mol. The molecule has 1 N–H and O–H groups in total. The molecule has 92 valence electrons. The lowest BCUT2D eigenvalue weighted by molar-refractivity contribution is 0.187. The quantitative estimate of drug-likeness (QED) is 0.773. The first kappa shape index (κ1) is 13.0. The van der Waals surface area contributed by atoms with Crippen molar-refractivity contribution in [1.82, 2.24) is 9.55 Å². The maximum atomic E-state index is 5.06. The van der Waals surface area contributed by atoms with Gasteiger partial charge in [-0.15, -0.1) is 0 Å². The van der Waals surface area contributed by atoms with Crippen molar-refractivity contribution in [2.75, 3.05) is 25.6 Å². The summed E-state index contributed by atoms with van der Waals surface area (Å²) in [4.78, 5) is 4.30. The van der Waals surface area contributed by atoms with Gasteiger partial charge in [0, 0.05) is 32.6 Å². The highest BCUT2D eigenvalue weighted by Crippen LogP contribution is 2.11. The van der Waals surface area contributed by atoms with Crippen molar-refractivity contribution in [3.8, 4) is 0 Å². The van der Waals surface area contributed by atoms with E-state index in [2.05, 4.69) is 35.6 Å². The van der Waals surface area contributed by atoms with E-state index >= 15 is 0 Å². The Balaban J connectivity index is 2.44. The molecular weight excluding hydrogens is 202 g/mol. The summed E-state index contributed by atoms with van der Waals surface area (Å²) in [6, 6.07) is 0. The number of nitrogens with zero attached hydrogens (tertiary/aromatic N) is 2. The lowest BCUT2D eigenvalue weighted by Crippen LogP contribution is -2.19. The molecule has 0 saturated carbocycles. The van der Waals surface area contributed by atoms with E-state index in [1.54, 1.807) is 7.11 Å². The third kappa shape index (κ3) is 3.85. The van der Waals surface area contributed by atoms with Crippen LogP contribution in [0, 0.1) is 11.8 Å². The van der Waals surface area contributed by atoms with Gasteiger partial charge < -0.3 is 14.6 Å². The zero-order chi connectivity index (χ0) is 12.0. The SMILES string of the molecule is COCCn1ccnc1NCC(C)C(C)C. The Hall–Kier alpha value is -1.03. The topological polar surface area (TPSA) is 39.1 Å². The number of rotatable bonds is 7. The van der Waals surface area contributed by atoms with Crippen LogP contribution in [-0.4, -0.2) is 29.8 Å². The average molecular weight is 225 g/mol. The number of methoxy groups -OCH3 is 1. The Bertz CT molecular complexity index is 296. The second kappa shape index (κ2) is 6.53. The molecule has 1 aromatic heterocycles. The third-order valence-corrected chi connectivity index (χ3v) is 2.97. The minimum absolute atomic E-state index is 0.646. The van der Waals surface area contributed by atoms with Crippen LogP contribution in [0.4, 0.5) is 5.95 Å². The van der Waals surface area contributed by atoms with Crippen molar-refractivity contribution in [3.05, 3.63) is 12.4 Å². The molecule has 0 saturated heterocycles. The Morgan fingerprint density at radius 3 is 2.81 bits per heavy atom. The summed E-state index contributed by atoms with van der Waals surface area (Å²) in [7, 11) is 1.71. The minimum Gasteiger partial charge on any atom is -0.383 e. The molecular formula is C12H23N3O. The molecule has 0 bridgehead atoms. The number of hydrogen-bond acceptors (Lipinski definition) is 3. The van der Waals surface area contributed by atoms with Crippen molar-refractivity contribution < 1.29 is 4.74 Å². The Morgan fingerprint density at radius 1 is 1.44 bits per heavy atom. The molecule has 4 heteroatoms. The molecule has 0 spiro atoms. The van der Waals surface area contributed by atoms with Crippen molar-refractivity contribution in [2.45, 2.75) is 27.3 Å². The van der Waals surface area contributed by atoms with Crippen LogP contribution in [0.2, 0.25) is 0 Å². The average Bonchev–Trinajstić information content (AvgIpc) is 2.70. The van der Waals surface area contributed by atoms with Crippen LogP contribution in [0.15, 0.2) is 12.4 Å². The number of nitrogens with one attached hydrogen (secondary N) is 1. The molecule has 0 fully saturated rings. The number of aromatic nitrogens is 2. The second-order valence-corrected chi connectivity index (χ2v) is 4.54. The highest BCUT2D eigenvalue weighted by Gasteiger charge is 2.08. The third-order valence-electron chi connectivity index (χ3n) is 2.97. The summed E-state index contributed by atoms with van der Waals surface area (Å²) in [5, 5.41) is 3.38. The zero-order valence-corrected chi connectivity index (χ0v) is 10.7. The van der Waals surface area contributed by atoms with E-state index in [1.165, 1.54) is 0 Å². The van der Waals surface area contributed by atoms with E-state index in [0.29, 0.717) is 18.4 Å². The van der Waals surface area contributed by atoms with Crippen LogP contribution < -0.4 is 5.32 Å². The molecule has 0 aromatic carbocycles. The van der Waals surface area contributed by atoms with E-state index in [-0.39, 0.29) is 0 Å². The maximum Gasteiger partial charge on any atom is 0.202 e. The highest BCUT2D eigenvalue weighted by molar-refractivity contribution is 5.25. The van der Waals surface area contributed by atoms with E-state index in [4.69, 9.17) is 4.74 Å². The molecule has 1 heterocycles. The van der Waals surface area contributed by atoms with Gasteiger partial charge in [-0.2, -0.15) is 0 Å². The van der Waals surface area contributed by atoms with Gasteiger partial charge in [-0.3, -0.25) is 0 Å². The van der Waals surface area contributed by atoms with E-state index in [0.717, 1.165) is 19.0 Å². The summed E-state index contributed by atoms with van der Waals surface area (Å²) < 4.78 is 7.14. The van der Waals surface area contributed by atoms with Crippen molar-refractivity contribution in [3.63, 3.8) is 0 Å². The van der Waals surface area contributed by atoms with E-state index < -0.39 is 0 Å². The fourth-order valence-electron chi connectivity index (χ4n) is 1.33. The second-order valence-electron chi connectivity index (χ2n) is 4.54. The van der Waals surface area contributed by atoms with E-state index in [9.17, 15) is 0 Å². The lowest BCUT2D eigenvalue weighted by Gasteiger charge is -2.17. The molecule has 1 aromatic rings. The van der Waals surface area contributed by atoms with Crippen LogP contribution in [0.1, 0.15) is 20.8 Å². The fraction of sp³-hybridized carbons (Fsp3) is 0.750. The highest BCUT2D eigenvalue weighted by atomic mass is 16.5. The number of ether oxygens (including phenoxy) is 1. The normalized spacial score (nSPS) is 13.1. The number of imidazole rings is 1. The summed E-state index contributed by atoms with van der Waals surface area (Å²) >= 11 is 0. The molecule has 0 aliphatic rings. The fourth-order valence-corrected chi connectivity index (χ4v) is 1.33. The summed E-state index contributed by atoms with van der Waals surface area (Å²) in [5.74, 6) is 2.27. The van der Waals surface area contributed by atoms with Gasteiger partial charge in [0.1, 0.15) is 0 Å². The summed E-state index contributed by atoms with van der Waals surface area (Å²) in [6.45, 7) is 9.24. The Morgan fingerprint density at radius 2 is 2.19 bits per heavy atom. The van der Waals surface area contributed by atoms with Crippen LogP contribution in [0.3, 0.4) is 0 Å². The molecule has 0 radical (unpaired) electrons. The number of hydrogen-bond donors (Lipinski definition) is 1. The first-order valence-electron chi connectivity index (χ1n) is 5.89. The molecule has 0 aliphatic carbocycles. The van der Waals surface area contributed by atoms with Crippen LogP contribution in [-0.2, 0) is 11.3 Å². The zero-order valence-electron chi connectivity index (χ0n) is 10.7. The van der Waals surface area contributed by atoms with Crippen molar-refractivity contribution >= 4 is 5.95 Å². The standard InChI is InChI=1S/C12H23N3O/c1-10(2)11(3)9-14-12-13-5-6-15(12)7-8-16-4/h5-6,10-11H,7-9H2,1-4H3,(H,13,14). The van der Waals surface area contributed by atoms with Gasteiger partial charge in [0.2, 0.25) is 5.95 Å². The first-order valence-corrected chi connectivity index (χ1v) is 5.89. The van der Waals surface area contributed by atoms with Gasteiger partial charge in [-0.25, -0.2) is 4.98 Å². The summed E-state index contributed by atoms with van der Waals surface area (Å²) in [6.07, 6.45) is 3.79. The van der Waals surface area contributed by atoms with Crippen LogP contribution >= 0.6 is 0 Å². The predicted octanol–water partition coefficient (Wildman–Crippen LogP) is 2.23.